The molecule has 0 amide bonds. The second-order valence-electron chi connectivity index (χ2n) is 4.31. The average Bonchev–Trinajstić information content (AvgIpc) is 2.45. The highest BCUT2D eigenvalue weighted by molar-refractivity contribution is 9.10. The molecule has 3 N–H and O–H groups in total. The summed E-state index contributed by atoms with van der Waals surface area (Å²) in [5.74, 6) is 2.02. The molecule has 106 valence electrons. The number of methoxy groups -OCH3 is 1. The Morgan fingerprint density at radius 2 is 2.15 bits per heavy atom. The van der Waals surface area contributed by atoms with Crippen molar-refractivity contribution in [1.29, 1.82) is 0 Å². The summed E-state index contributed by atoms with van der Waals surface area (Å²) in [4.78, 5) is 8.33. The molecule has 1 aromatic heterocycles. The summed E-state index contributed by atoms with van der Waals surface area (Å²) in [5.41, 5.74) is 7.74. The summed E-state index contributed by atoms with van der Waals surface area (Å²) in [7, 11) is 1.64. The molecule has 0 aliphatic carbocycles. The average molecular weight is 337 g/mol. The van der Waals surface area contributed by atoms with Gasteiger partial charge in [0.05, 0.1) is 12.8 Å². The van der Waals surface area contributed by atoms with Gasteiger partial charge in [0.25, 0.3) is 0 Å². The SMILES string of the molecule is CCCc1c(N)ncnc1Nc1cc(OC)ccc1Br. The van der Waals surface area contributed by atoms with E-state index >= 15 is 0 Å². The first-order valence-corrected chi connectivity index (χ1v) is 7.15. The topological polar surface area (TPSA) is 73.1 Å². The van der Waals surface area contributed by atoms with Crippen LogP contribution in [0.4, 0.5) is 17.3 Å². The smallest absolute Gasteiger partial charge is 0.139 e. The Hall–Kier alpha value is -1.82. The van der Waals surface area contributed by atoms with Crippen LogP contribution >= 0.6 is 15.9 Å². The van der Waals surface area contributed by atoms with E-state index in [1.54, 1.807) is 7.11 Å². The van der Waals surface area contributed by atoms with E-state index in [0.29, 0.717) is 5.82 Å². The fraction of sp³-hybridized carbons (Fsp3) is 0.286. The first-order chi connectivity index (χ1) is 9.65. The van der Waals surface area contributed by atoms with Crippen molar-refractivity contribution in [3.05, 3.63) is 34.6 Å². The van der Waals surface area contributed by atoms with Crippen LogP contribution in [0.5, 0.6) is 5.75 Å². The number of hydrogen-bond acceptors (Lipinski definition) is 5. The van der Waals surface area contributed by atoms with Crippen LogP contribution in [0.3, 0.4) is 0 Å². The summed E-state index contributed by atoms with van der Waals surface area (Å²) in [6.07, 6.45) is 3.27. The normalized spacial score (nSPS) is 10.3. The molecule has 0 aliphatic heterocycles. The third kappa shape index (κ3) is 3.19. The molecule has 0 atom stereocenters. The van der Waals surface area contributed by atoms with Gasteiger partial charge in [-0.25, -0.2) is 9.97 Å². The standard InChI is InChI=1S/C14H17BrN4O/c1-3-4-10-13(16)17-8-18-14(10)19-12-7-9(20-2)5-6-11(12)15/h5-8H,3-4H2,1-2H3,(H3,16,17,18,19). The molecule has 0 spiro atoms. The fourth-order valence-corrected chi connectivity index (χ4v) is 2.23. The van der Waals surface area contributed by atoms with Crippen molar-refractivity contribution >= 4 is 33.3 Å². The second-order valence-corrected chi connectivity index (χ2v) is 5.16. The van der Waals surface area contributed by atoms with Crippen molar-refractivity contribution in [2.45, 2.75) is 19.8 Å². The van der Waals surface area contributed by atoms with E-state index in [-0.39, 0.29) is 0 Å². The van der Waals surface area contributed by atoms with E-state index in [1.807, 2.05) is 18.2 Å². The van der Waals surface area contributed by atoms with Crippen molar-refractivity contribution in [3.63, 3.8) is 0 Å². The van der Waals surface area contributed by atoms with Crippen LogP contribution in [0.15, 0.2) is 29.0 Å². The molecule has 0 saturated carbocycles. The van der Waals surface area contributed by atoms with E-state index in [9.17, 15) is 0 Å². The number of nitrogens with zero attached hydrogens (tertiary/aromatic N) is 2. The molecule has 0 saturated heterocycles. The summed E-state index contributed by atoms with van der Waals surface area (Å²) < 4.78 is 6.16. The van der Waals surface area contributed by atoms with Crippen molar-refractivity contribution in [2.24, 2.45) is 0 Å². The first kappa shape index (κ1) is 14.6. The number of anilines is 3. The Morgan fingerprint density at radius 1 is 1.35 bits per heavy atom. The maximum absolute atomic E-state index is 5.93. The van der Waals surface area contributed by atoms with E-state index in [1.165, 1.54) is 6.33 Å². The van der Waals surface area contributed by atoms with Gasteiger partial charge in [-0.2, -0.15) is 0 Å². The van der Waals surface area contributed by atoms with Gasteiger partial charge in [0.2, 0.25) is 0 Å². The summed E-state index contributed by atoms with van der Waals surface area (Å²) in [6, 6.07) is 5.71. The van der Waals surface area contributed by atoms with Crippen molar-refractivity contribution in [3.8, 4) is 5.75 Å². The molecule has 0 aliphatic rings. The monoisotopic (exact) mass is 336 g/mol. The Kier molecular flexibility index (Phi) is 4.79. The molecular weight excluding hydrogens is 320 g/mol. The summed E-state index contributed by atoms with van der Waals surface area (Å²) in [6.45, 7) is 2.09. The van der Waals surface area contributed by atoms with Gasteiger partial charge in [-0.1, -0.05) is 13.3 Å². The van der Waals surface area contributed by atoms with Crippen LogP contribution in [0, 0.1) is 0 Å². The molecule has 2 rings (SSSR count). The van der Waals surface area contributed by atoms with Gasteiger partial charge in [-0.05, 0) is 34.5 Å². The lowest BCUT2D eigenvalue weighted by Crippen LogP contribution is -2.05. The van der Waals surface area contributed by atoms with Gasteiger partial charge in [0.1, 0.15) is 23.7 Å². The van der Waals surface area contributed by atoms with Crippen molar-refractivity contribution in [1.82, 2.24) is 9.97 Å². The van der Waals surface area contributed by atoms with Gasteiger partial charge in [-0.3, -0.25) is 0 Å². The maximum atomic E-state index is 5.93. The number of nitrogens with one attached hydrogen (secondary N) is 1. The van der Waals surface area contributed by atoms with Crippen molar-refractivity contribution < 1.29 is 4.74 Å². The zero-order valence-electron chi connectivity index (χ0n) is 11.5. The van der Waals surface area contributed by atoms with Crippen molar-refractivity contribution in [2.75, 3.05) is 18.2 Å². The van der Waals surface area contributed by atoms with E-state index < -0.39 is 0 Å². The Bertz CT molecular complexity index is 604. The molecule has 0 fully saturated rings. The Morgan fingerprint density at radius 3 is 2.85 bits per heavy atom. The largest absolute Gasteiger partial charge is 0.497 e. The fourth-order valence-electron chi connectivity index (χ4n) is 1.88. The molecule has 6 heteroatoms. The molecule has 20 heavy (non-hydrogen) atoms. The van der Waals surface area contributed by atoms with E-state index in [0.717, 1.165) is 40.1 Å². The highest BCUT2D eigenvalue weighted by Gasteiger charge is 2.10. The zero-order valence-corrected chi connectivity index (χ0v) is 13.1. The lowest BCUT2D eigenvalue weighted by atomic mass is 10.1. The number of aromatic nitrogens is 2. The van der Waals surface area contributed by atoms with Gasteiger partial charge in [-0.15, -0.1) is 0 Å². The number of nitrogens with two attached hydrogens (primary N) is 1. The quantitative estimate of drug-likeness (QED) is 0.873. The molecule has 0 bridgehead atoms. The molecule has 1 heterocycles. The van der Waals surface area contributed by atoms with Crippen LogP contribution < -0.4 is 15.8 Å². The van der Waals surface area contributed by atoms with Gasteiger partial charge in [0.15, 0.2) is 0 Å². The number of halogens is 1. The van der Waals surface area contributed by atoms with Crippen LogP contribution in [-0.2, 0) is 6.42 Å². The molecule has 2 aromatic rings. The third-order valence-electron chi connectivity index (χ3n) is 2.91. The molecule has 0 radical (unpaired) electrons. The highest BCUT2D eigenvalue weighted by atomic mass is 79.9. The number of rotatable bonds is 5. The van der Waals surface area contributed by atoms with E-state index in [2.05, 4.69) is 38.1 Å². The zero-order chi connectivity index (χ0) is 14.5. The van der Waals surface area contributed by atoms with Gasteiger partial charge in [0, 0.05) is 16.1 Å². The van der Waals surface area contributed by atoms with Crippen LogP contribution in [0.25, 0.3) is 0 Å². The molecule has 0 unspecified atom stereocenters. The molecule has 1 aromatic carbocycles. The van der Waals surface area contributed by atoms with Gasteiger partial charge < -0.3 is 15.8 Å². The first-order valence-electron chi connectivity index (χ1n) is 6.35. The predicted molar refractivity (Wildman–Crippen MR) is 84.4 cm³/mol. The minimum Gasteiger partial charge on any atom is -0.497 e. The van der Waals surface area contributed by atoms with Crippen LogP contribution in [0.1, 0.15) is 18.9 Å². The second kappa shape index (κ2) is 6.56. The lowest BCUT2D eigenvalue weighted by molar-refractivity contribution is 0.415. The van der Waals surface area contributed by atoms with E-state index in [4.69, 9.17) is 10.5 Å². The summed E-state index contributed by atoms with van der Waals surface area (Å²) in [5, 5.41) is 3.28. The van der Waals surface area contributed by atoms with Gasteiger partial charge >= 0.3 is 0 Å². The highest BCUT2D eigenvalue weighted by Crippen LogP contribution is 2.31. The minimum atomic E-state index is 0.517. The number of nitrogen functional groups attached to an aromatic ring is 1. The molecular formula is C14H17BrN4O. The lowest BCUT2D eigenvalue weighted by Gasteiger charge is -2.13. The summed E-state index contributed by atoms with van der Waals surface area (Å²) >= 11 is 3.51. The minimum absolute atomic E-state index is 0.517. The van der Waals surface area contributed by atoms with Crippen LogP contribution in [-0.4, -0.2) is 17.1 Å². The Balaban J connectivity index is 2.37. The van der Waals surface area contributed by atoms with Crippen LogP contribution in [0.2, 0.25) is 0 Å². The molecule has 5 nitrogen and oxygen atoms in total. The number of ether oxygens (including phenoxy) is 1. The third-order valence-corrected chi connectivity index (χ3v) is 3.60. The predicted octanol–water partition coefficient (Wildman–Crippen LogP) is 3.53. The number of benzene rings is 1. The maximum Gasteiger partial charge on any atom is 0.139 e. The Labute approximate surface area is 126 Å². The number of hydrogen-bond donors (Lipinski definition) is 2.